The minimum Gasteiger partial charge on any atom is -0.337 e. The lowest BCUT2D eigenvalue weighted by molar-refractivity contribution is -0.915. The molecule has 11 heteroatoms. The molecule has 2 aliphatic rings. The number of carbonyl (C=O) groups excluding carboxylic acids is 1. The van der Waals surface area contributed by atoms with Gasteiger partial charge in [0.2, 0.25) is 5.91 Å². The maximum atomic E-state index is 13.6. The minimum absolute atomic E-state index is 0.102. The third kappa shape index (κ3) is 7.80. The zero-order chi connectivity index (χ0) is 32.6. The van der Waals surface area contributed by atoms with Crippen LogP contribution in [0.2, 0.25) is 10.0 Å². The molecule has 2 saturated heterocycles. The number of piperidine rings is 2. The van der Waals surface area contributed by atoms with Gasteiger partial charge in [-0.05, 0) is 59.4 Å². The van der Waals surface area contributed by atoms with Crippen LogP contribution >= 0.6 is 23.2 Å². The number of halogens is 8. The Balaban J connectivity index is 1.41. The van der Waals surface area contributed by atoms with Gasteiger partial charge in [-0.15, -0.1) is 0 Å². The van der Waals surface area contributed by atoms with Crippen LogP contribution < -0.4 is 0 Å². The zero-order valence-corrected chi connectivity index (χ0v) is 26.3. The Kier molecular flexibility index (Phi) is 9.56. The molecule has 0 saturated carbocycles. The van der Waals surface area contributed by atoms with Gasteiger partial charge in [0.05, 0.1) is 47.9 Å². The number of rotatable bonds is 7. The van der Waals surface area contributed by atoms with E-state index in [4.69, 9.17) is 23.2 Å². The number of hydrogen-bond donors (Lipinski definition) is 0. The molecule has 1 unspecified atom stereocenters. The van der Waals surface area contributed by atoms with Gasteiger partial charge < -0.3 is 9.38 Å². The van der Waals surface area contributed by atoms with Crippen LogP contribution in [0.5, 0.6) is 0 Å². The Morgan fingerprint density at radius 2 is 1.49 bits per heavy atom. The first-order chi connectivity index (χ1) is 21.1. The normalized spacial score (nSPS) is 24.6. The average molecular weight is 673 g/mol. The molecule has 2 heterocycles. The Bertz CT molecular complexity index is 1490. The standard InChI is InChI=1S/C34H35Cl2F6N2O/c1-44(14-10-25(11-15-44)24-5-3-2-4-6-24)16-13-32(26-7-8-29(35)30(36)20-26)12-9-31(45)43(22-32)21-23-17-27(33(37,38)39)19-28(18-23)34(40,41)42/h2-8,17-20,25H,9-16,21-22H2,1H3/q+1/t25-,32?,44-. The first kappa shape index (κ1) is 33.6. The Hall–Kier alpha value is -2.75. The zero-order valence-electron chi connectivity index (χ0n) is 24.8. The topological polar surface area (TPSA) is 20.3 Å². The van der Waals surface area contributed by atoms with E-state index in [0.717, 1.165) is 42.5 Å². The van der Waals surface area contributed by atoms with Gasteiger partial charge in [0, 0.05) is 44.2 Å². The van der Waals surface area contributed by atoms with Crippen LogP contribution in [-0.4, -0.2) is 48.5 Å². The Morgan fingerprint density at radius 1 is 0.867 bits per heavy atom. The second kappa shape index (κ2) is 12.8. The third-order valence-corrected chi connectivity index (χ3v) is 10.4. The average Bonchev–Trinajstić information content (AvgIpc) is 2.99. The fraction of sp³-hybridized carbons (Fsp3) is 0.441. The van der Waals surface area contributed by atoms with Crippen molar-refractivity contribution in [3.63, 3.8) is 0 Å². The summed E-state index contributed by atoms with van der Waals surface area (Å²) >= 11 is 12.7. The van der Waals surface area contributed by atoms with Crippen molar-refractivity contribution in [2.24, 2.45) is 0 Å². The number of alkyl halides is 6. The van der Waals surface area contributed by atoms with Crippen LogP contribution in [-0.2, 0) is 29.1 Å². The number of carbonyl (C=O) groups is 1. The Morgan fingerprint density at radius 3 is 2.07 bits per heavy atom. The number of nitrogens with zero attached hydrogens (tertiary/aromatic N) is 2. The van der Waals surface area contributed by atoms with Crippen LogP contribution in [0.3, 0.4) is 0 Å². The highest BCUT2D eigenvalue weighted by Crippen LogP contribution is 2.43. The van der Waals surface area contributed by atoms with Crippen LogP contribution in [0.4, 0.5) is 26.3 Å². The number of hydrogen-bond acceptors (Lipinski definition) is 1. The fourth-order valence-electron chi connectivity index (χ4n) is 6.88. The van der Waals surface area contributed by atoms with E-state index in [1.807, 2.05) is 12.1 Å². The van der Waals surface area contributed by atoms with Crippen LogP contribution in [0, 0.1) is 0 Å². The molecule has 0 radical (unpaired) electrons. The third-order valence-electron chi connectivity index (χ3n) is 9.65. The summed E-state index contributed by atoms with van der Waals surface area (Å²) in [5.41, 5.74) is -1.46. The van der Waals surface area contributed by atoms with Crippen molar-refractivity contribution >= 4 is 29.1 Å². The van der Waals surface area contributed by atoms with E-state index in [1.54, 1.807) is 12.1 Å². The lowest BCUT2D eigenvalue weighted by atomic mass is 9.71. The predicted molar refractivity (Wildman–Crippen MR) is 163 cm³/mol. The molecule has 3 nitrogen and oxygen atoms in total. The van der Waals surface area contributed by atoms with Crippen LogP contribution in [0.15, 0.2) is 66.7 Å². The second-order valence-electron chi connectivity index (χ2n) is 12.8. The van der Waals surface area contributed by atoms with Gasteiger partial charge in [0.1, 0.15) is 0 Å². The molecular formula is C34H35Cl2F6N2O+. The first-order valence-electron chi connectivity index (χ1n) is 15.0. The predicted octanol–water partition coefficient (Wildman–Crippen LogP) is 9.51. The smallest absolute Gasteiger partial charge is 0.337 e. The highest BCUT2D eigenvalue weighted by Gasteiger charge is 2.43. The summed E-state index contributed by atoms with van der Waals surface area (Å²) in [7, 11) is 2.22. The first-order valence-corrected chi connectivity index (χ1v) is 15.7. The van der Waals surface area contributed by atoms with Crippen LogP contribution in [0.25, 0.3) is 0 Å². The lowest BCUT2D eigenvalue weighted by Gasteiger charge is -2.47. The highest BCUT2D eigenvalue weighted by atomic mass is 35.5. The summed E-state index contributed by atoms with van der Waals surface area (Å²) in [5, 5.41) is 0.707. The molecule has 0 aromatic heterocycles. The summed E-state index contributed by atoms with van der Waals surface area (Å²) in [4.78, 5) is 14.6. The van der Waals surface area contributed by atoms with Gasteiger partial charge in [-0.25, -0.2) is 0 Å². The van der Waals surface area contributed by atoms with Gasteiger partial charge in [-0.3, -0.25) is 4.79 Å². The van der Waals surface area contributed by atoms with Crippen molar-refractivity contribution in [2.75, 3.05) is 33.2 Å². The summed E-state index contributed by atoms with van der Waals surface area (Å²) in [6.07, 6.45) is -6.66. The van der Waals surface area contributed by atoms with Crippen molar-refractivity contribution in [3.05, 3.63) is 105 Å². The van der Waals surface area contributed by atoms with Crippen molar-refractivity contribution in [2.45, 2.75) is 62.3 Å². The van der Waals surface area contributed by atoms with Gasteiger partial charge in [0.25, 0.3) is 0 Å². The highest BCUT2D eigenvalue weighted by molar-refractivity contribution is 6.42. The SMILES string of the molecule is C[N@+]1(CCC2(c3ccc(Cl)c(Cl)c3)CCC(=O)N(Cc3cc(C(F)(F)F)cc(C(F)(F)F)c3)C2)CC[C@H](c2ccccc2)CC1. The summed E-state index contributed by atoms with van der Waals surface area (Å²) in [6, 6.07) is 17.2. The molecule has 0 bridgehead atoms. The number of quaternary nitrogens is 1. The van der Waals surface area contributed by atoms with Gasteiger partial charge in [0.15, 0.2) is 0 Å². The fourth-order valence-corrected chi connectivity index (χ4v) is 7.18. The molecule has 5 rings (SSSR count). The van der Waals surface area contributed by atoms with Gasteiger partial charge in [-0.2, -0.15) is 26.3 Å². The second-order valence-corrected chi connectivity index (χ2v) is 13.6. The lowest BCUT2D eigenvalue weighted by Crippen LogP contribution is -2.54. The molecular weight excluding hydrogens is 637 g/mol. The Labute approximate surface area is 269 Å². The molecule has 0 aliphatic carbocycles. The van der Waals surface area contributed by atoms with Gasteiger partial charge >= 0.3 is 12.4 Å². The molecule has 2 fully saturated rings. The molecule has 242 valence electrons. The molecule has 3 aromatic carbocycles. The van der Waals surface area contributed by atoms with E-state index in [0.29, 0.717) is 40.9 Å². The summed E-state index contributed by atoms with van der Waals surface area (Å²) < 4.78 is 82.2. The maximum absolute atomic E-state index is 13.6. The maximum Gasteiger partial charge on any atom is 0.416 e. The van der Waals surface area contributed by atoms with E-state index in [9.17, 15) is 31.1 Å². The molecule has 2 aliphatic heterocycles. The monoisotopic (exact) mass is 671 g/mol. The van der Waals surface area contributed by atoms with Crippen molar-refractivity contribution < 1.29 is 35.6 Å². The minimum atomic E-state index is -4.97. The summed E-state index contributed by atoms with van der Waals surface area (Å²) in [6.45, 7) is 2.47. The van der Waals surface area contributed by atoms with Crippen LogP contribution in [0.1, 0.15) is 65.8 Å². The molecule has 1 amide bonds. The van der Waals surface area contributed by atoms with E-state index >= 15 is 0 Å². The van der Waals surface area contributed by atoms with Gasteiger partial charge in [-0.1, -0.05) is 59.6 Å². The van der Waals surface area contributed by atoms with E-state index in [2.05, 4.69) is 31.3 Å². The molecule has 0 N–H and O–H groups in total. The van der Waals surface area contributed by atoms with E-state index < -0.39 is 28.9 Å². The molecule has 3 aromatic rings. The number of likely N-dealkylation sites (tertiary alicyclic amines) is 2. The quantitative estimate of drug-likeness (QED) is 0.181. The van der Waals surface area contributed by atoms with Crippen molar-refractivity contribution in [1.29, 1.82) is 0 Å². The molecule has 0 spiro atoms. The number of amides is 1. The van der Waals surface area contributed by atoms with E-state index in [1.165, 1.54) is 10.5 Å². The largest absolute Gasteiger partial charge is 0.416 e. The molecule has 45 heavy (non-hydrogen) atoms. The molecule has 1 atom stereocenters. The van der Waals surface area contributed by atoms with E-state index in [-0.39, 0.29) is 37.0 Å². The summed E-state index contributed by atoms with van der Waals surface area (Å²) in [5.74, 6) is 0.166. The van der Waals surface area contributed by atoms with Crippen molar-refractivity contribution in [3.8, 4) is 0 Å². The number of benzene rings is 3. The van der Waals surface area contributed by atoms with Crippen molar-refractivity contribution in [1.82, 2.24) is 4.90 Å².